The number of carboxylic acids is 1. The van der Waals surface area contributed by atoms with Crippen LogP contribution in [0.2, 0.25) is 0 Å². The van der Waals surface area contributed by atoms with Crippen molar-refractivity contribution >= 4 is 11.9 Å². The van der Waals surface area contributed by atoms with E-state index in [2.05, 4.69) is 21.2 Å². The Morgan fingerprint density at radius 1 is 1.45 bits per heavy atom. The quantitative estimate of drug-likeness (QED) is 0.588. The number of unbranched alkanes of at least 4 members (excludes halogenated alkanes) is 1. The fourth-order valence-corrected chi connectivity index (χ4v) is 2.57. The minimum atomic E-state index is -0.985. The number of hydrazine groups is 1. The summed E-state index contributed by atoms with van der Waals surface area (Å²) in [6, 6.07) is 2.67. The molecule has 1 aromatic rings. The predicted molar refractivity (Wildman–Crippen MR) is 80.7 cm³/mol. The highest BCUT2D eigenvalue weighted by atomic mass is 16.4. The maximum absolute atomic E-state index is 12.4. The smallest absolute Gasteiger partial charge is 0.326 e. The van der Waals surface area contributed by atoms with Crippen LogP contribution >= 0.6 is 0 Å². The van der Waals surface area contributed by atoms with E-state index in [0.29, 0.717) is 13.0 Å². The van der Waals surface area contributed by atoms with Gasteiger partial charge in [0.2, 0.25) is 5.91 Å². The van der Waals surface area contributed by atoms with E-state index in [9.17, 15) is 14.7 Å². The highest BCUT2D eigenvalue weighted by molar-refractivity contribution is 5.85. The summed E-state index contributed by atoms with van der Waals surface area (Å²) >= 11 is 0. The number of pyridine rings is 1. The lowest BCUT2D eigenvalue weighted by Gasteiger charge is -2.21. The van der Waals surface area contributed by atoms with Crippen molar-refractivity contribution in [2.24, 2.45) is 5.92 Å². The fourth-order valence-electron chi connectivity index (χ4n) is 2.57. The fraction of sp³-hybridized carbons (Fsp3) is 0.533. The molecule has 0 bridgehead atoms. The summed E-state index contributed by atoms with van der Waals surface area (Å²) in [5, 5.41) is 11.9. The van der Waals surface area contributed by atoms with Crippen LogP contribution in [-0.4, -0.2) is 34.6 Å². The maximum Gasteiger partial charge on any atom is 0.326 e. The molecule has 0 spiro atoms. The van der Waals surface area contributed by atoms with Gasteiger partial charge in [-0.25, -0.2) is 10.2 Å². The predicted octanol–water partition coefficient (Wildman–Crippen LogP) is 0.606. The average Bonchev–Trinajstić information content (AvgIpc) is 3.01. The third kappa shape index (κ3) is 4.02. The van der Waals surface area contributed by atoms with Crippen molar-refractivity contribution < 1.29 is 14.7 Å². The van der Waals surface area contributed by atoms with E-state index >= 15 is 0 Å². The van der Waals surface area contributed by atoms with Crippen molar-refractivity contribution in [2.75, 3.05) is 6.54 Å². The molecule has 3 atom stereocenters. The van der Waals surface area contributed by atoms with Gasteiger partial charge in [0.1, 0.15) is 6.04 Å². The summed E-state index contributed by atoms with van der Waals surface area (Å²) < 4.78 is 0. The lowest BCUT2D eigenvalue weighted by atomic mass is 9.94. The highest BCUT2D eigenvalue weighted by Gasteiger charge is 2.35. The molecular formula is C15H22N4O3. The van der Waals surface area contributed by atoms with Crippen molar-refractivity contribution in [3.63, 3.8) is 0 Å². The monoisotopic (exact) mass is 306 g/mol. The van der Waals surface area contributed by atoms with Gasteiger partial charge in [-0.1, -0.05) is 19.8 Å². The van der Waals surface area contributed by atoms with Crippen molar-refractivity contribution in [1.29, 1.82) is 0 Å². The Morgan fingerprint density at radius 2 is 2.18 bits per heavy atom. The Hall–Kier alpha value is -1.99. The topological polar surface area (TPSA) is 103 Å². The van der Waals surface area contributed by atoms with Gasteiger partial charge in [-0.15, -0.1) is 0 Å². The Labute approximate surface area is 129 Å². The second kappa shape index (κ2) is 7.86. The molecule has 120 valence electrons. The zero-order chi connectivity index (χ0) is 15.9. The first-order chi connectivity index (χ1) is 10.6. The van der Waals surface area contributed by atoms with E-state index < -0.39 is 12.0 Å². The lowest BCUT2D eigenvalue weighted by Crippen LogP contribution is -2.45. The van der Waals surface area contributed by atoms with E-state index in [4.69, 9.17) is 0 Å². The van der Waals surface area contributed by atoms with Crippen LogP contribution in [0.3, 0.4) is 0 Å². The van der Waals surface area contributed by atoms with Gasteiger partial charge in [0, 0.05) is 18.9 Å². The lowest BCUT2D eigenvalue weighted by molar-refractivity contribution is -0.142. The third-order valence-electron chi connectivity index (χ3n) is 3.84. The average molecular weight is 306 g/mol. The Kier molecular flexibility index (Phi) is 5.85. The number of carboxylic acid groups (broad SMARTS) is 1. The summed E-state index contributed by atoms with van der Waals surface area (Å²) in [5.41, 5.74) is 6.98. The molecule has 2 heterocycles. The third-order valence-corrected chi connectivity index (χ3v) is 3.84. The molecule has 2 rings (SSSR count). The molecule has 1 aliphatic rings. The van der Waals surface area contributed by atoms with E-state index in [1.54, 1.807) is 12.4 Å². The first-order valence-electron chi connectivity index (χ1n) is 7.55. The number of carbonyl (C=O) groups excluding carboxylic acids is 1. The van der Waals surface area contributed by atoms with Crippen molar-refractivity contribution in [1.82, 2.24) is 21.2 Å². The summed E-state index contributed by atoms with van der Waals surface area (Å²) in [6.45, 7) is 2.45. The first kappa shape index (κ1) is 16.4. The van der Waals surface area contributed by atoms with Crippen LogP contribution in [0.25, 0.3) is 0 Å². The number of aromatic nitrogens is 1. The van der Waals surface area contributed by atoms with E-state index in [1.165, 1.54) is 0 Å². The van der Waals surface area contributed by atoms with Crippen LogP contribution in [0.4, 0.5) is 0 Å². The molecule has 7 heteroatoms. The number of nitrogens with one attached hydrogen (secondary N) is 3. The standard InChI is InChI=1S/C15H22N4O3/c1-2-3-4-12(15(21)22)18-14(20)11-9-17-19-13(11)10-5-7-16-8-6-10/h5-8,11-13,17,19H,2-4,9H2,1H3,(H,18,20)(H,21,22). The zero-order valence-corrected chi connectivity index (χ0v) is 12.6. The number of hydrogen-bond donors (Lipinski definition) is 4. The van der Waals surface area contributed by atoms with Gasteiger partial charge in [-0.05, 0) is 24.1 Å². The number of aliphatic carboxylic acids is 1. The van der Waals surface area contributed by atoms with E-state index in [1.807, 2.05) is 19.1 Å². The highest BCUT2D eigenvalue weighted by Crippen LogP contribution is 2.24. The van der Waals surface area contributed by atoms with Crippen LogP contribution in [-0.2, 0) is 9.59 Å². The summed E-state index contributed by atoms with van der Waals surface area (Å²) in [7, 11) is 0. The molecule has 0 aromatic carbocycles. The van der Waals surface area contributed by atoms with Gasteiger partial charge < -0.3 is 10.4 Å². The van der Waals surface area contributed by atoms with Gasteiger partial charge in [0.15, 0.2) is 0 Å². The normalized spacial score (nSPS) is 22.2. The van der Waals surface area contributed by atoms with Gasteiger partial charge in [0.25, 0.3) is 0 Å². The minimum absolute atomic E-state index is 0.191. The number of nitrogens with zero attached hydrogens (tertiary/aromatic N) is 1. The van der Waals surface area contributed by atoms with Crippen LogP contribution in [0.15, 0.2) is 24.5 Å². The number of rotatable bonds is 7. The first-order valence-corrected chi connectivity index (χ1v) is 7.55. The van der Waals surface area contributed by atoms with Crippen molar-refractivity contribution in [2.45, 2.75) is 38.3 Å². The Balaban J connectivity index is 2.02. The van der Waals surface area contributed by atoms with Crippen LogP contribution in [0.5, 0.6) is 0 Å². The summed E-state index contributed by atoms with van der Waals surface area (Å²) in [5.74, 6) is -1.59. The van der Waals surface area contributed by atoms with Crippen LogP contribution < -0.4 is 16.2 Å². The maximum atomic E-state index is 12.4. The molecule has 0 radical (unpaired) electrons. The number of hydrogen-bond acceptors (Lipinski definition) is 5. The largest absolute Gasteiger partial charge is 0.480 e. The molecule has 1 fully saturated rings. The molecular weight excluding hydrogens is 284 g/mol. The summed E-state index contributed by atoms with van der Waals surface area (Å²) in [4.78, 5) is 27.7. The summed E-state index contributed by atoms with van der Waals surface area (Å²) in [6.07, 6.45) is 5.46. The molecule has 1 amide bonds. The SMILES string of the molecule is CCCCC(NC(=O)C1CNNC1c1ccncc1)C(=O)O. The van der Waals surface area contributed by atoms with Gasteiger partial charge >= 0.3 is 5.97 Å². The molecule has 7 nitrogen and oxygen atoms in total. The number of amides is 1. The Bertz CT molecular complexity index is 509. The van der Waals surface area contributed by atoms with Crippen LogP contribution in [0.1, 0.15) is 37.8 Å². The van der Waals surface area contributed by atoms with Gasteiger partial charge in [0.05, 0.1) is 12.0 Å². The molecule has 22 heavy (non-hydrogen) atoms. The molecule has 1 aromatic heterocycles. The molecule has 4 N–H and O–H groups in total. The second-order valence-electron chi connectivity index (χ2n) is 5.43. The molecule has 0 aliphatic carbocycles. The van der Waals surface area contributed by atoms with E-state index in [-0.39, 0.29) is 17.9 Å². The second-order valence-corrected chi connectivity index (χ2v) is 5.43. The van der Waals surface area contributed by atoms with Gasteiger partial charge in [-0.2, -0.15) is 0 Å². The molecule has 3 unspecified atom stereocenters. The van der Waals surface area contributed by atoms with Gasteiger partial charge in [-0.3, -0.25) is 15.2 Å². The number of carbonyl (C=O) groups is 2. The molecule has 1 aliphatic heterocycles. The molecule has 0 saturated carbocycles. The van der Waals surface area contributed by atoms with Crippen molar-refractivity contribution in [3.8, 4) is 0 Å². The van der Waals surface area contributed by atoms with Crippen molar-refractivity contribution in [3.05, 3.63) is 30.1 Å². The molecule has 1 saturated heterocycles. The Morgan fingerprint density at radius 3 is 2.82 bits per heavy atom. The zero-order valence-electron chi connectivity index (χ0n) is 12.6. The van der Waals surface area contributed by atoms with Crippen LogP contribution in [0, 0.1) is 5.92 Å². The minimum Gasteiger partial charge on any atom is -0.480 e. The van der Waals surface area contributed by atoms with E-state index in [0.717, 1.165) is 18.4 Å².